The zero-order valence-electron chi connectivity index (χ0n) is 15.8. The Hall–Kier alpha value is -2.04. The number of aliphatic hydroxyl groups excluding tert-OH is 1. The molecule has 0 aliphatic heterocycles. The van der Waals surface area contributed by atoms with Gasteiger partial charge in [-0.15, -0.1) is 0 Å². The minimum Gasteiger partial charge on any atom is -0.395 e. The average molecular weight is 462 g/mol. The molecule has 0 radical (unpaired) electrons. The van der Waals surface area contributed by atoms with Gasteiger partial charge in [0.25, 0.3) is 0 Å². The van der Waals surface area contributed by atoms with Crippen LogP contribution < -0.4 is 11.0 Å². The van der Waals surface area contributed by atoms with Gasteiger partial charge in [-0.25, -0.2) is 4.79 Å². The highest BCUT2D eigenvalue weighted by molar-refractivity contribution is 8.00. The number of anilines is 1. The fourth-order valence-electron chi connectivity index (χ4n) is 3.32. The highest BCUT2D eigenvalue weighted by atomic mass is 35.5. The molecule has 1 amide bonds. The largest absolute Gasteiger partial charge is 0.416 e. The molecule has 30 heavy (non-hydrogen) atoms. The third-order valence-electron chi connectivity index (χ3n) is 4.68. The van der Waals surface area contributed by atoms with E-state index in [1.807, 2.05) is 0 Å². The van der Waals surface area contributed by atoms with E-state index in [0.717, 1.165) is 54.1 Å². The smallest absolute Gasteiger partial charge is 0.395 e. The van der Waals surface area contributed by atoms with Crippen LogP contribution >= 0.6 is 23.4 Å². The van der Waals surface area contributed by atoms with Gasteiger partial charge in [0.15, 0.2) is 0 Å². The van der Waals surface area contributed by atoms with Gasteiger partial charge in [-0.3, -0.25) is 9.36 Å². The van der Waals surface area contributed by atoms with Crippen molar-refractivity contribution in [1.82, 2.24) is 9.55 Å². The molecule has 2 N–H and O–H groups in total. The van der Waals surface area contributed by atoms with Crippen molar-refractivity contribution >= 4 is 35.0 Å². The number of fused-ring (bicyclic) bond motifs is 1. The maximum atomic E-state index is 12.9. The number of benzene rings is 1. The van der Waals surface area contributed by atoms with Crippen LogP contribution in [-0.4, -0.2) is 32.9 Å². The van der Waals surface area contributed by atoms with E-state index in [-0.39, 0.29) is 29.6 Å². The third kappa shape index (κ3) is 5.16. The van der Waals surface area contributed by atoms with Crippen LogP contribution in [0.25, 0.3) is 0 Å². The van der Waals surface area contributed by atoms with Gasteiger partial charge in [0.1, 0.15) is 5.03 Å². The Morgan fingerprint density at radius 2 is 2.03 bits per heavy atom. The molecule has 1 aliphatic rings. The van der Waals surface area contributed by atoms with Gasteiger partial charge >= 0.3 is 11.9 Å². The fraction of sp³-hybridized carbons (Fsp3) is 0.421. The van der Waals surface area contributed by atoms with Crippen LogP contribution in [0.2, 0.25) is 5.02 Å². The monoisotopic (exact) mass is 461 g/mol. The molecule has 0 unspecified atom stereocenters. The van der Waals surface area contributed by atoms with Gasteiger partial charge in [0.05, 0.1) is 35.2 Å². The number of hydrogen-bond donors (Lipinski definition) is 2. The molecule has 0 fully saturated rings. The molecule has 1 aliphatic carbocycles. The maximum Gasteiger partial charge on any atom is 0.416 e. The number of alkyl halides is 3. The van der Waals surface area contributed by atoms with Gasteiger partial charge in [0, 0.05) is 11.3 Å². The zero-order valence-corrected chi connectivity index (χ0v) is 17.3. The van der Waals surface area contributed by atoms with Crippen molar-refractivity contribution in [1.29, 1.82) is 0 Å². The number of nitrogens with one attached hydrogen (secondary N) is 1. The lowest BCUT2D eigenvalue weighted by Crippen LogP contribution is -2.31. The molecule has 162 valence electrons. The van der Waals surface area contributed by atoms with E-state index in [1.165, 1.54) is 4.57 Å². The van der Waals surface area contributed by atoms with Crippen molar-refractivity contribution in [3.8, 4) is 0 Å². The standard InChI is InChI=1S/C19H19ClF3N3O3S/c20-13-6-5-11(19(21,22)23)9-14(13)24-16(28)10-30-17-12-3-1-2-4-15(12)26(7-8-27)18(29)25-17/h5-6,9,27H,1-4,7-8,10H2,(H,24,28). The third-order valence-corrected chi connectivity index (χ3v) is 6.03. The minimum atomic E-state index is -4.56. The molecule has 0 saturated heterocycles. The van der Waals surface area contributed by atoms with Crippen LogP contribution in [0.4, 0.5) is 18.9 Å². The van der Waals surface area contributed by atoms with E-state index in [2.05, 4.69) is 10.3 Å². The Labute approximate surface area is 179 Å². The number of aliphatic hydroxyl groups is 1. The molecule has 11 heteroatoms. The van der Waals surface area contributed by atoms with Crippen molar-refractivity contribution in [2.24, 2.45) is 0 Å². The number of nitrogens with zero attached hydrogens (tertiary/aromatic N) is 2. The molecular formula is C19H19ClF3N3O3S. The van der Waals surface area contributed by atoms with Crippen LogP contribution in [0.3, 0.4) is 0 Å². The fourth-order valence-corrected chi connectivity index (χ4v) is 4.36. The molecule has 1 aromatic heterocycles. The van der Waals surface area contributed by atoms with Gasteiger partial charge in [-0.1, -0.05) is 23.4 Å². The molecule has 3 rings (SSSR count). The van der Waals surface area contributed by atoms with Gasteiger partial charge < -0.3 is 10.4 Å². The number of carbonyl (C=O) groups excluding carboxylic acids is 1. The van der Waals surface area contributed by atoms with Gasteiger partial charge in [0.2, 0.25) is 5.91 Å². The highest BCUT2D eigenvalue weighted by Crippen LogP contribution is 2.34. The summed E-state index contributed by atoms with van der Waals surface area (Å²) in [6.45, 7) is -0.0195. The van der Waals surface area contributed by atoms with Crippen molar-refractivity contribution in [3.63, 3.8) is 0 Å². The first-order chi connectivity index (χ1) is 14.2. The minimum absolute atomic E-state index is 0.0107. The van der Waals surface area contributed by atoms with Crippen LogP contribution in [0.15, 0.2) is 28.0 Å². The molecule has 6 nitrogen and oxygen atoms in total. The topological polar surface area (TPSA) is 84.2 Å². The van der Waals surface area contributed by atoms with Crippen molar-refractivity contribution in [3.05, 3.63) is 50.5 Å². The zero-order chi connectivity index (χ0) is 21.9. The Morgan fingerprint density at radius 3 is 2.73 bits per heavy atom. The van der Waals surface area contributed by atoms with E-state index in [1.54, 1.807) is 0 Å². The predicted octanol–water partition coefficient (Wildman–Crippen LogP) is 3.52. The second-order valence-electron chi connectivity index (χ2n) is 6.74. The van der Waals surface area contributed by atoms with E-state index < -0.39 is 23.3 Å². The summed E-state index contributed by atoms with van der Waals surface area (Å²) < 4.78 is 40.1. The normalized spacial score (nSPS) is 13.8. The van der Waals surface area contributed by atoms with Crippen molar-refractivity contribution in [2.45, 2.75) is 43.4 Å². The number of aromatic nitrogens is 2. The highest BCUT2D eigenvalue weighted by Gasteiger charge is 2.31. The maximum absolute atomic E-state index is 12.9. The Balaban J connectivity index is 1.76. The van der Waals surface area contributed by atoms with Crippen molar-refractivity contribution < 1.29 is 23.1 Å². The molecule has 1 heterocycles. The first-order valence-electron chi connectivity index (χ1n) is 9.23. The summed E-state index contributed by atoms with van der Waals surface area (Å²) in [4.78, 5) is 28.7. The predicted molar refractivity (Wildman–Crippen MR) is 108 cm³/mol. The number of hydrogen-bond acceptors (Lipinski definition) is 5. The summed E-state index contributed by atoms with van der Waals surface area (Å²) in [7, 11) is 0. The Kier molecular flexibility index (Phi) is 7.10. The second kappa shape index (κ2) is 9.40. The summed E-state index contributed by atoms with van der Waals surface area (Å²) in [5.41, 5.74) is 0.153. The van der Waals surface area contributed by atoms with Crippen LogP contribution in [-0.2, 0) is 30.4 Å². The SMILES string of the molecule is O=C(CSc1nc(=O)n(CCO)c2c1CCCC2)Nc1cc(C(F)(F)F)ccc1Cl. The first-order valence-corrected chi connectivity index (χ1v) is 10.6. The van der Waals surface area contributed by atoms with E-state index in [0.29, 0.717) is 17.9 Å². The molecule has 1 aromatic carbocycles. The lowest BCUT2D eigenvalue weighted by atomic mass is 9.97. The van der Waals surface area contributed by atoms with Gasteiger partial charge in [-0.05, 0) is 43.9 Å². The summed E-state index contributed by atoms with van der Waals surface area (Å²) in [6, 6.07) is 2.69. The lowest BCUT2D eigenvalue weighted by Gasteiger charge is -2.22. The second-order valence-corrected chi connectivity index (χ2v) is 8.11. The summed E-state index contributed by atoms with van der Waals surface area (Å²) in [5, 5.41) is 12.0. The molecular weight excluding hydrogens is 443 g/mol. The Morgan fingerprint density at radius 1 is 1.30 bits per heavy atom. The van der Waals surface area contributed by atoms with E-state index in [9.17, 15) is 27.9 Å². The summed E-state index contributed by atoms with van der Waals surface area (Å²) >= 11 is 6.96. The number of amides is 1. The molecule has 0 atom stereocenters. The summed E-state index contributed by atoms with van der Waals surface area (Å²) in [5.74, 6) is -0.706. The number of rotatable bonds is 6. The molecule has 2 aromatic rings. The number of halogens is 4. The first kappa shape index (κ1) is 22.6. The average Bonchev–Trinajstić information content (AvgIpc) is 2.69. The number of carbonyl (C=O) groups is 1. The quantitative estimate of drug-likeness (QED) is 0.508. The molecule has 0 saturated carbocycles. The van der Waals surface area contributed by atoms with Gasteiger partial charge in [-0.2, -0.15) is 18.2 Å². The Bertz CT molecular complexity index is 1010. The van der Waals surface area contributed by atoms with E-state index in [4.69, 9.17) is 11.6 Å². The van der Waals surface area contributed by atoms with Crippen LogP contribution in [0.5, 0.6) is 0 Å². The molecule has 0 spiro atoms. The number of thioether (sulfide) groups is 1. The lowest BCUT2D eigenvalue weighted by molar-refractivity contribution is -0.137. The van der Waals surface area contributed by atoms with Crippen LogP contribution in [0.1, 0.15) is 29.7 Å². The van der Waals surface area contributed by atoms with Crippen molar-refractivity contribution in [2.75, 3.05) is 17.7 Å². The van der Waals surface area contributed by atoms with Crippen LogP contribution in [0, 0.1) is 0 Å². The summed E-state index contributed by atoms with van der Waals surface area (Å²) in [6.07, 6.45) is -1.32. The molecule has 0 bridgehead atoms. The van der Waals surface area contributed by atoms with E-state index >= 15 is 0 Å².